The number of carbonyl (C=O) groups excluding carboxylic acids is 1. The minimum Gasteiger partial charge on any atom is -0.464 e. The number of hydrogen-bond acceptors (Lipinski definition) is 5. The third-order valence-electron chi connectivity index (χ3n) is 4.50. The van der Waals surface area contributed by atoms with E-state index >= 15 is 0 Å². The van der Waals surface area contributed by atoms with Gasteiger partial charge < -0.3 is 9.52 Å². The summed E-state index contributed by atoms with van der Waals surface area (Å²) in [4.78, 5) is 14.1. The number of carbonyl (C=O) groups is 1. The van der Waals surface area contributed by atoms with Gasteiger partial charge >= 0.3 is 0 Å². The van der Waals surface area contributed by atoms with Crippen molar-refractivity contribution < 1.29 is 18.7 Å². The van der Waals surface area contributed by atoms with Crippen molar-refractivity contribution in [1.29, 1.82) is 5.26 Å². The molecular formula is C18H13FN2O3S. The van der Waals surface area contributed by atoms with Crippen molar-refractivity contribution in [2.75, 3.05) is 5.75 Å². The van der Waals surface area contributed by atoms with Crippen molar-refractivity contribution in [2.45, 2.75) is 18.1 Å². The highest BCUT2D eigenvalue weighted by Gasteiger charge is 2.53. The van der Waals surface area contributed by atoms with Crippen LogP contribution in [0.5, 0.6) is 0 Å². The van der Waals surface area contributed by atoms with Gasteiger partial charge in [0.25, 0.3) is 0 Å². The molecule has 1 saturated heterocycles. The third kappa shape index (κ3) is 2.37. The SMILES string of the molecule is N#CC1=C2SC[C@@](O)(c3ccco3)N2C(=O)C[C@H]1c1ccc(F)cc1. The van der Waals surface area contributed by atoms with Crippen molar-refractivity contribution in [3.8, 4) is 6.07 Å². The Morgan fingerprint density at radius 1 is 1.36 bits per heavy atom. The van der Waals surface area contributed by atoms with E-state index in [1.807, 2.05) is 0 Å². The van der Waals surface area contributed by atoms with Gasteiger partial charge in [0.1, 0.15) is 5.82 Å². The molecule has 126 valence electrons. The Kier molecular flexibility index (Phi) is 3.67. The Bertz CT molecular complexity index is 901. The molecule has 1 aromatic heterocycles. The Labute approximate surface area is 147 Å². The average molecular weight is 356 g/mol. The molecule has 2 atom stereocenters. The molecule has 4 rings (SSSR count). The Balaban J connectivity index is 1.81. The zero-order valence-corrected chi connectivity index (χ0v) is 13.8. The summed E-state index contributed by atoms with van der Waals surface area (Å²) < 4.78 is 18.5. The molecule has 0 unspecified atom stereocenters. The fraction of sp³-hybridized carbons (Fsp3) is 0.222. The zero-order chi connectivity index (χ0) is 17.6. The number of aliphatic hydroxyl groups is 1. The smallest absolute Gasteiger partial charge is 0.231 e. The lowest BCUT2D eigenvalue weighted by molar-refractivity contribution is -0.152. The number of hydrogen-bond donors (Lipinski definition) is 1. The summed E-state index contributed by atoms with van der Waals surface area (Å²) in [5, 5.41) is 21.1. The lowest BCUT2D eigenvalue weighted by Gasteiger charge is -2.36. The second-order valence-electron chi connectivity index (χ2n) is 5.95. The summed E-state index contributed by atoms with van der Waals surface area (Å²) in [6, 6.07) is 11.2. The quantitative estimate of drug-likeness (QED) is 0.895. The van der Waals surface area contributed by atoms with Gasteiger partial charge in [-0.1, -0.05) is 12.1 Å². The maximum atomic E-state index is 13.2. The molecule has 5 nitrogen and oxygen atoms in total. The van der Waals surface area contributed by atoms with Gasteiger partial charge in [0.2, 0.25) is 11.6 Å². The number of rotatable bonds is 2. The molecule has 25 heavy (non-hydrogen) atoms. The van der Waals surface area contributed by atoms with Gasteiger partial charge in [-0.05, 0) is 29.8 Å². The van der Waals surface area contributed by atoms with Crippen LogP contribution in [0.2, 0.25) is 0 Å². The monoisotopic (exact) mass is 356 g/mol. The first kappa shape index (κ1) is 15.9. The van der Waals surface area contributed by atoms with Crippen LogP contribution in [0, 0.1) is 17.1 Å². The van der Waals surface area contributed by atoms with Crippen LogP contribution in [0.4, 0.5) is 4.39 Å². The zero-order valence-electron chi connectivity index (χ0n) is 13.0. The van der Waals surface area contributed by atoms with Gasteiger partial charge in [-0.3, -0.25) is 9.69 Å². The molecule has 1 N–H and O–H groups in total. The van der Waals surface area contributed by atoms with E-state index in [0.29, 0.717) is 16.2 Å². The predicted octanol–water partition coefficient (Wildman–Crippen LogP) is 3.06. The normalized spacial score (nSPS) is 25.9. The van der Waals surface area contributed by atoms with E-state index in [9.17, 15) is 19.6 Å². The predicted molar refractivity (Wildman–Crippen MR) is 88.3 cm³/mol. The Hall–Kier alpha value is -2.56. The van der Waals surface area contributed by atoms with Crippen molar-refractivity contribution in [2.24, 2.45) is 0 Å². The van der Waals surface area contributed by atoms with E-state index in [0.717, 1.165) is 0 Å². The first-order valence-corrected chi connectivity index (χ1v) is 8.65. The third-order valence-corrected chi connectivity index (χ3v) is 5.72. The average Bonchev–Trinajstić information content (AvgIpc) is 3.25. The van der Waals surface area contributed by atoms with E-state index in [4.69, 9.17) is 4.42 Å². The van der Waals surface area contributed by atoms with Crippen LogP contribution < -0.4 is 0 Å². The van der Waals surface area contributed by atoms with Gasteiger partial charge in [-0.2, -0.15) is 5.26 Å². The number of nitrogens with zero attached hydrogens (tertiary/aromatic N) is 2. The molecule has 2 aliphatic heterocycles. The fourth-order valence-electron chi connectivity index (χ4n) is 3.29. The highest BCUT2D eigenvalue weighted by Crippen LogP contribution is 2.51. The first-order chi connectivity index (χ1) is 12.0. The lowest BCUT2D eigenvalue weighted by Crippen LogP contribution is -2.48. The molecule has 3 heterocycles. The van der Waals surface area contributed by atoms with Crippen molar-refractivity contribution >= 4 is 17.7 Å². The molecule has 1 fully saturated rings. The number of thioether (sulfide) groups is 1. The molecule has 2 aromatic rings. The van der Waals surface area contributed by atoms with Crippen LogP contribution in [0.3, 0.4) is 0 Å². The molecule has 7 heteroatoms. The molecule has 1 aromatic carbocycles. The number of nitriles is 1. The van der Waals surface area contributed by atoms with E-state index in [2.05, 4.69) is 6.07 Å². The second kappa shape index (κ2) is 5.76. The van der Waals surface area contributed by atoms with Crippen LogP contribution in [0.25, 0.3) is 0 Å². The molecule has 0 radical (unpaired) electrons. The van der Waals surface area contributed by atoms with E-state index in [1.165, 1.54) is 35.1 Å². The lowest BCUT2D eigenvalue weighted by atomic mass is 9.86. The van der Waals surface area contributed by atoms with Gasteiger partial charge in [0.15, 0.2) is 5.76 Å². The number of allylic oxidation sites excluding steroid dienone is 1. The summed E-state index contributed by atoms with van der Waals surface area (Å²) in [5.41, 5.74) is -0.498. The minimum atomic E-state index is -1.60. The second-order valence-corrected chi connectivity index (χ2v) is 6.91. The molecule has 0 aliphatic carbocycles. The topological polar surface area (TPSA) is 77.5 Å². The number of furan rings is 1. The largest absolute Gasteiger partial charge is 0.464 e. The van der Waals surface area contributed by atoms with Crippen LogP contribution in [-0.4, -0.2) is 21.7 Å². The first-order valence-electron chi connectivity index (χ1n) is 7.66. The summed E-state index contributed by atoms with van der Waals surface area (Å²) in [6.07, 6.45) is 1.46. The maximum Gasteiger partial charge on any atom is 0.231 e. The molecule has 2 aliphatic rings. The molecular weight excluding hydrogens is 343 g/mol. The molecule has 0 spiro atoms. The highest BCUT2D eigenvalue weighted by atomic mass is 32.2. The van der Waals surface area contributed by atoms with Crippen LogP contribution in [0.15, 0.2) is 57.7 Å². The number of fused-ring (bicyclic) bond motifs is 1. The van der Waals surface area contributed by atoms with Crippen molar-refractivity contribution in [3.05, 3.63) is 70.4 Å². The van der Waals surface area contributed by atoms with Gasteiger partial charge in [0.05, 0.1) is 28.7 Å². The van der Waals surface area contributed by atoms with Crippen LogP contribution in [-0.2, 0) is 10.5 Å². The number of benzene rings is 1. The maximum absolute atomic E-state index is 13.2. The molecule has 0 saturated carbocycles. The molecule has 1 amide bonds. The van der Waals surface area contributed by atoms with E-state index in [1.54, 1.807) is 24.3 Å². The van der Waals surface area contributed by atoms with E-state index in [-0.39, 0.29) is 29.7 Å². The summed E-state index contributed by atoms with van der Waals surface area (Å²) >= 11 is 1.25. The Morgan fingerprint density at radius 3 is 2.76 bits per heavy atom. The molecule has 0 bridgehead atoms. The number of halogens is 1. The summed E-state index contributed by atoms with van der Waals surface area (Å²) in [6.45, 7) is 0. The standard InChI is InChI=1S/C18H13FN2O3S/c19-12-5-3-11(4-6-12)13-8-16(22)21-17(14(13)9-20)25-10-18(21,23)15-2-1-7-24-15/h1-7,13,23H,8,10H2/t13-,18+/m0/s1. The van der Waals surface area contributed by atoms with Crippen molar-refractivity contribution in [1.82, 2.24) is 4.90 Å². The fourth-order valence-corrected chi connectivity index (χ4v) is 4.63. The van der Waals surface area contributed by atoms with Crippen LogP contribution in [0.1, 0.15) is 23.7 Å². The van der Waals surface area contributed by atoms with Gasteiger partial charge in [0, 0.05) is 12.3 Å². The summed E-state index contributed by atoms with van der Waals surface area (Å²) in [7, 11) is 0. The van der Waals surface area contributed by atoms with E-state index < -0.39 is 11.6 Å². The van der Waals surface area contributed by atoms with Crippen LogP contribution >= 0.6 is 11.8 Å². The Morgan fingerprint density at radius 2 is 2.12 bits per heavy atom. The van der Waals surface area contributed by atoms with Gasteiger partial charge in [-0.15, -0.1) is 11.8 Å². The number of amides is 1. The minimum absolute atomic E-state index is 0.0294. The van der Waals surface area contributed by atoms with Gasteiger partial charge in [-0.25, -0.2) is 4.39 Å². The highest BCUT2D eigenvalue weighted by molar-refractivity contribution is 8.03. The van der Waals surface area contributed by atoms with Crippen molar-refractivity contribution in [3.63, 3.8) is 0 Å². The summed E-state index contributed by atoms with van der Waals surface area (Å²) in [5.74, 6) is -0.673.